The van der Waals surface area contributed by atoms with Crippen molar-refractivity contribution in [3.8, 4) is 0 Å². The molecule has 1 aliphatic rings. The quantitative estimate of drug-likeness (QED) is 0.526. The van der Waals surface area contributed by atoms with E-state index in [-0.39, 0.29) is 22.5 Å². The molecule has 34 heavy (non-hydrogen) atoms. The number of amides is 1. The summed E-state index contributed by atoms with van der Waals surface area (Å²) in [6, 6.07) is 24.9. The molecular weight excluding hydrogens is 448 g/mol. The highest BCUT2D eigenvalue weighted by Crippen LogP contribution is 2.37. The van der Waals surface area contributed by atoms with Gasteiger partial charge in [-0.05, 0) is 44.0 Å². The first-order valence-corrected chi connectivity index (χ1v) is 12.5. The molecule has 3 aromatic rings. The van der Waals surface area contributed by atoms with Gasteiger partial charge in [-0.15, -0.1) is 0 Å². The minimum Gasteiger partial charge on any atom is -0.354 e. The van der Waals surface area contributed by atoms with Crippen molar-refractivity contribution >= 4 is 21.6 Å². The Hall–Kier alpha value is -3.42. The monoisotopic (exact) mass is 476 g/mol. The maximum atomic E-state index is 13.6. The number of nitrogens with one attached hydrogen (secondary N) is 1. The van der Waals surface area contributed by atoms with Crippen molar-refractivity contribution in [2.24, 2.45) is 0 Å². The zero-order valence-corrected chi connectivity index (χ0v) is 20.2. The summed E-state index contributed by atoms with van der Waals surface area (Å²) in [7, 11) is -3.91. The van der Waals surface area contributed by atoms with Crippen molar-refractivity contribution < 1.29 is 17.9 Å². The Morgan fingerprint density at radius 3 is 2.18 bits per heavy atom. The molecule has 4 rings (SSSR count). The standard InChI is InChI=1S/C27H28N2O4S/c1-20-14-16-23(17-15-20)34(31,32)28-24(21-10-6-4-7-11-21)18-26(30)29-25(19-33-27(29,2)3)22-12-8-5-9-13-22/h4-18,25,28H,19H2,1-3H3/b24-18+/t25-/m0/s1. The summed E-state index contributed by atoms with van der Waals surface area (Å²) in [5, 5.41) is 0. The van der Waals surface area contributed by atoms with Gasteiger partial charge in [0.1, 0.15) is 5.72 Å². The number of sulfonamides is 1. The SMILES string of the molecule is Cc1ccc(S(=O)(=O)N/C(=C/C(=O)N2[C@H](c3ccccc3)COC2(C)C)c2ccccc2)cc1. The van der Waals surface area contributed by atoms with Gasteiger partial charge < -0.3 is 9.64 Å². The van der Waals surface area contributed by atoms with Crippen molar-refractivity contribution in [3.05, 3.63) is 108 Å². The molecular formula is C27H28N2O4S. The van der Waals surface area contributed by atoms with Crippen LogP contribution in [0.25, 0.3) is 5.70 Å². The van der Waals surface area contributed by atoms with Crippen LogP contribution in [0.2, 0.25) is 0 Å². The van der Waals surface area contributed by atoms with Gasteiger partial charge in [0.15, 0.2) is 0 Å². The number of hydrogen-bond acceptors (Lipinski definition) is 4. The lowest BCUT2D eigenvalue weighted by Gasteiger charge is -2.33. The summed E-state index contributed by atoms with van der Waals surface area (Å²) >= 11 is 0. The number of ether oxygens (including phenoxy) is 1. The Bertz CT molecular complexity index is 1290. The van der Waals surface area contributed by atoms with E-state index in [9.17, 15) is 13.2 Å². The zero-order chi connectivity index (χ0) is 24.3. The van der Waals surface area contributed by atoms with Gasteiger partial charge in [-0.3, -0.25) is 9.52 Å². The number of benzene rings is 3. The van der Waals surface area contributed by atoms with Crippen LogP contribution in [0.4, 0.5) is 0 Å². The van der Waals surface area contributed by atoms with Gasteiger partial charge in [-0.25, -0.2) is 8.42 Å². The van der Waals surface area contributed by atoms with Gasteiger partial charge in [0.2, 0.25) is 0 Å². The molecule has 0 bridgehead atoms. The lowest BCUT2D eigenvalue weighted by atomic mass is 10.0. The largest absolute Gasteiger partial charge is 0.354 e. The van der Waals surface area contributed by atoms with E-state index in [0.29, 0.717) is 12.2 Å². The van der Waals surface area contributed by atoms with Crippen molar-refractivity contribution in [1.29, 1.82) is 0 Å². The van der Waals surface area contributed by atoms with Gasteiger partial charge in [-0.1, -0.05) is 78.4 Å². The van der Waals surface area contributed by atoms with Crippen LogP contribution < -0.4 is 4.72 Å². The first-order chi connectivity index (χ1) is 16.2. The Balaban J connectivity index is 1.72. The summed E-state index contributed by atoms with van der Waals surface area (Å²) in [5.41, 5.74) is 1.83. The first kappa shape index (κ1) is 23.7. The second-order valence-corrected chi connectivity index (χ2v) is 10.4. The molecule has 0 aromatic heterocycles. The van der Waals surface area contributed by atoms with Crippen molar-refractivity contribution in [1.82, 2.24) is 9.62 Å². The van der Waals surface area contributed by atoms with Crippen molar-refractivity contribution in [2.75, 3.05) is 6.61 Å². The topological polar surface area (TPSA) is 75.7 Å². The molecule has 0 radical (unpaired) electrons. The normalized spacial score (nSPS) is 18.0. The van der Waals surface area contributed by atoms with Crippen LogP contribution in [0, 0.1) is 6.92 Å². The molecule has 0 unspecified atom stereocenters. The van der Waals surface area contributed by atoms with Crippen LogP contribution in [0.1, 0.15) is 36.6 Å². The van der Waals surface area contributed by atoms with Crippen molar-refractivity contribution in [3.63, 3.8) is 0 Å². The second-order valence-electron chi connectivity index (χ2n) is 8.74. The summed E-state index contributed by atoms with van der Waals surface area (Å²) < 4.78 is 34.9. The van der Waals surface area contributed by atoms with E-state index in [1.807, 2.05) is 57.2 Å². The summed E-state index contributed by atoms with van der Waals surface area (Å²) in [5.74, 6) is -0.346. The zero-order valence-electron chi connectivity index (χ0n) is 19.4. The lowest BCUT2D eigenvalue weighted by Crippen LogP contribution is -2.44. The Kier molecular flexibility index (Phi) is 6.59. The third kappa shape index (κ3) is 5.05. The fourth-order valence-electron chi connectivity index (χ4n) is 4.05. The molecule has 1 saturated heterocycles. The average molecular weight is 477 g/mol. The molecule has 1 atom stereocenters. The number of aryl methyl sites for hydroxylation is 1. The van der Waals surface area contributed by atoms with E-state index in [0.717, 1.165) is 11.1 Å². The highest BCUT2D eigenvalue weighted by molar-refractivity contribution is 7.89. The second kappa shape index (κ2) is 9.44. The molecule has 7 heteroatoms. The maximum absolute atomic E-state index is 13.6. The smallest absolute Gasteiger partial charge is 0.261 e. The molecule has 6 nitrogen and oxygen atoms in total. The van der Waals surface area contributed by atoms with Crippen LogP contribution in [0.3, 0.4) is 0 Å². The van der Waals surface area contributed by atoms with E-state index >= 15 is 0 Å². The number of nitrogens with zero attached hydrogens (tertiary/aromatic N) is 1. The third-order valence-corrected chi connectivity index (χ3v) is 7.22. The fraction of sp³-hybridized carbons (Fsp3) is 0.222. The van der Waals surface area contributed by atoms with E-state index < -0.39 is 15.7 Å². The van der Waals surface area contributed by atoms with E-state index in [1.54, 1.807) is 53.4 Å². The summed E-state index contributed by atoms with van der Waals surface area (Å²) in [6.07, 6.45) is 1.34. The fourth-order valence-corrected chi connectivity index (χ4v) is 5.12. The number of rotatable bonds is 6. The van der Waals surface area contributed by atoms with Crippen molar-refractivity contribution in [2.45, 2.75) is 37.4 Å². The van der Waals surface area contributed by atoms with Crippen LogP contribution in [-0.4, -0.2) is 31.6 Å². The van der Waals surface area contributed by atoms with Gasteiger partial charge in [-0.2, -0.15) is 0 Å². The predicted molar refractivity (Wildman–Crippen MR) is 132 cm³/mol. The summed E-state index contributed by atoms with van der Waals surface area (Å²) in [6.45, 7) is 5.91. The average Bonchev–Trinajstić information content (AvgIpc) is 3.15. The number of carbonyl (C=O) groups is 1. The van der Waals surface area contributed by atoms with E-state index in [4.69, 9.17) is 4.74 Å². The first-order valence-electron chi connectivity index (χ1n) is 11.1. The molecule has 0 spiro atoms. The predicted octanol–water partition coefficient (Wildman–Crippen LogP) is 4.65. The molecule has 1 fully saturated rings. The lowest BCUT2D eigenvalue weighted by molar-refractivity contribution is -0.140. The molecule has 1 N–H and O–H groups in total. The Morgan fingerprint density at radius 1 is 0.971 bits per heavy atom. The number of hydrogen-bond donors (Lipinski definition) is 1. The van der Waals surface area contributed by atoms with Crippen LogP contribution in [0.5, 0.6) is 0 Å². The van der Waals surface area contributed by atoms with Gasteiger partial charge >= 0.3 is 0 Å². The summed E-state index contributed by atoms with van der Waals surface area (Å²) in [4.78, 5) is 15.4. The van der Waals surface area contributed by atoms with Crippen LogP contribution in [-0.2, 0) is 19.6 Å². The number of carbonyl (C=O) groups excluding carboxylic acids is 1. The highest BCUT2D eigenvalue weighted by atomic mass is 32.2. The third-order valence-electron chi connectivity index (χ3n) is 5.84. The maximum Gasteiger partial charge on any atom is 0.261 e. The molecule has 1 heterocycles. The molecule has 0 aliphatic carbocycles. The minimum atomic E-state index is -3.91. The molecule has 1 amide bonds. The minimum absolute atomic E-state index is 0.124. The Morgan fingerprint density at radius 2 is 1.56 bits per heavy atom. The van der Waals surface area contributed by atoms with Gasteiger partial charge in [0.05, 0.1) is 23.2 Å². The molecule has 176 valence electrons. The highest BCUT2D eigenvalue weighted by Gasteiger charge is 2.43. The van der Waals surface area contributed by atoms with E-state index in [2.05, 4.69) is 4.72 Å². The van der Waals surface area contributed by atoms with Crippen LogP contribution in [0.15, 0.2) is 95.9 Å². The van der Waals surface area contributed by atoms with Crippen LogP contribution >= 0.6 is 0 Å². The molecule has 3 aromatic carbocycles. The van der Waals surface area contributed by atoms with Gasteiger partial charge in [0, 0.05) is 6.08 Å². The Labute approximate surface area is 200 Å². The molecule has 0 saturated carbocycles. The van der Waals surface area contributed by atoms with Gasteiger partial charge in [0.25, 0.3) is 15.9 Å². The van der Waals surface area contributed by atoms with E-state index in [1.165, 1.54) is 6.08 Å². The molecule has 1 aliphatic heterocycles.